The molecule has 2 aromatic carbocycles. The van der Waals surface area contributed by atoms with Crippen LogP contribution >= 0.6 is 0 Å². The summed E-state index contributed by atoms with van der Waals surface area (Å²) in [4.78, 5) is 27.4. The standard InChI is InChI=1S/C24H30FN3O5S/c1-4-33-20-10-8-18(9-11-20)23(29)26-22(17(2)3)24(30)27-12-14-28(15-13-27)34(31,32)21-7-5-6-19(25)16-21/h5-11,16-17,22H,4,12-15H2,1-3H3,(H,26,29). The number of rotatable bonds is 8. The minimum absolute atomic E-state index is 0.0856. The van der Waals surface area contributed by atoms with Crippen molar-refractivity contribution in [1.29, 1.82) is 0 Å². The Morgan fingerprint density at radius 1 is 1.06 bits per heavy atom. The Morgan fingerprint density at radius 3 is 2.26 bits per heavy atom. The SMILES string of the molecule is CCOc1ccc(C(=O)NC(C(=O)N2CCN(S(=O)(=O)c3cccc(F)c3)CC2)C(C)C)cc1. The number of carbonyl (C=O) groups excluding carboxylic acids is 2. The smallest absolute Gasteiger partial charge is 0.251 e. The van der Waals surface area contributed by atoms with Crippen LogP contribution in [-0.4, -0.2) is 68.3 Å². The van der Waals surface area contributed by atoms with Gasteiger partial charge in [-0.2, -0.15) is 4.31 Å². The van der Waals surface area contributed by atoms with Crippen molar-refractivity contribution in [1.82, 2.24) is 14.5 Å². The van der Waals surface area contributed by atoms with Gasteiger partial charge in [0, 0.05) is 31.7 Å². The molecule has 34 heavy (non-hydrogen) atoms. The first-order chi connectivity index (χ1) is 16.1. The highest BCUT2D eigenvalue weighted by Gasteiger charge is 2.34. The second-order valence-electron chi connectivity index (χ2n) is 8.34. The minimum atomic E-state index is -3.86. The Morgan fingerprint density at radius 2 is 1.71 bits per heavy atom. The second-order valence-corrected chi connectivity index (χ2v) is 10.3. The highest BCUT2D eigenvalue weighted by atomic mass is 32.2. The molecule has 0 aromatic heterocycles. The van der Waals surface area contributed by atoms with Gasteiger partial charge < -0.3 is 15.0 Å². The van der Waals surface area contributed by atoms with E-state index >= 15 is 0 Å². The molecule has 0 bridgehead atoms. The molecule has 1 saturated heterocycles. The van der Waals surface area contributed by atoms with Crippen LogP contribution in [0.4, 0.5) is 4.39 Å². The van der Waals surface area contributed by atoms with Crippen molar-refractivity contribution in [3.63, 3.8) is 0 Å². The average Bonchev–Trinajstić information content (AvgIpc) is 2.82. The summed E-state index contributed by atoms with van der Waals surface area (Å²) in [6, 6.07) is 10.8. The molecule has 3 rings (SSSR count). The summed E-state index contributed by atoms with van der Waals surface area (Å²) in [7, 11) is -3.86. The lowest BCUT2D eigenvalue weighted by Gasteiger charge is -2.36. The maximum absolute atomic E-state index is 13.5. The molecule has 2 amide bonds. The molecule has 1 aliphatic rings. The molecule has 1 heterocycles. The molecule has 1 N–H and O–H groups in total. The quantitative estimate of drug-likeness (QED) is 0.612. The molecule has 0 saturated carbocycles. The Kier molecular flexibility index (Phi) is 8.27. The Balaban J connectivity index is 1.64. The zero-order valence-electron chi connectivity index (χ0n) is 19.5. The summed E-state index contributed by atoms with van der Waals surface area (Å²) in [5.41, 5.74) is 0.410. The first kappa shape index (κ1) is 25.6. The lowest BCUT2D eigenvalue weighted by Crippen LogP contribution is -2.57. The van der Waals surface area contributed by atoms with Crippen LogP contribution in [0.3, 0.4) is 0 Å². The van der Waals surface area contributed by atoms with Gasteiger partial charge in [0.1, 0.15) is 17.6 Å². The number of carbonyl (C=O) groups is 2. The van der Waals surface area contributed by atoms with Gasteiger partial charge in [0.05, 0.1) is 11.5 Å². The van der Waals surface area contributed by atoms with E-state index in [0.29, 0.717) is 17.9 Å². The lowest BCUT2D eigenvalue weighted by molar-refractivity contribution is -0.135. The van der Waals surface area contributed by atoms with Crippen LogP contribution in [0.15, 0.2) is 53.4 Å². The molecule has 184 valence electrons. The fourth-order valence-corrected chi connectivity index (χ4v) is 5.18. The second kappa shape index (κ2) is 11.0. The summed E-state index contributed by atoms with van der Waals surface area (Å²) in [6.07, 6.45) is 0. The number of benzene rings is 2. The van der Waals surface area contributed by atoms with E-state index in [1.54, 1.807) is 29.2 Å². The fourth-order valence-electron chi connectivity index (χ4n) is 3.73. The van der Waals surface area contributed by atoms with Gasteiger partial charge in [-0.3, -0.25) is 9.59 Å². The normalized spacial score (nSPS) is 15.7. The van der Waals surface area contributed by atoms with E-state index in [4.69, 9.17) is 4.74 Å². The molecule has 0 aliphatic carbocycles. The van der Waals surface area contributed by atoms with E-state index < -0.39 is 21.9 Å². The summed E-state index contributed by atoms with van der Waals surface area (Å²) in [6.45, 7) is 6.59. The summed E-state index contributed by atoms with van der Waals surface area (Å²) in [5.74, 6) is -0.785. The van der Waals surface area contributed by atoms with Crippen LogP contribution in [-0.2, 0) is 14.8 Å². The number of hydrogen-bond donors (Lipinski definition) is 1. The van der Waals surface area contributed by atoms with Crippen LogP contribution in [0.1, 0.15) is 31.1 Å². The first-order valence-corrected chi connectivity index (χ1v) is 12.7. The average molecular weight is 492 g/mol. The lowest BCUT2D eigenvalue weighted by atomic mass is 10.0. The van der Waals surface area contributed by atoms with Gasteiger partial charge in [-0.1, -0.05) is 19.9 Å². The van der Waals surface area contributed by atoms with Crippen molar-refractivity contribution in [3.8, 4) is 5.75 Å². The number of hydrogen-bond acceptors (Lipinski definition) is 5. The number of ether oxygens (including phenoxy) is 1. The van der Waals surface area contributed by atoms with Crippen molar-refractivity contribution < 1.29 is 27.1 Å². The van der Waals surface area contributed by atoms with Crippen LogP contribution < -0.4 is 10.1 Å². The number of nitrogens with one attached hydrogen (secondary N) is 1. The van der Waals surface area contributed by atoms with Crippen molar-refractivity contribution in [2.24, 2.45) is 5.92 Å². The highest BCUT2D eigenvalue weighted by Crippen LogP contribution is 2.20. The van der Waals surface area contributed by atoms with Gasteiger partial charge in [0.15, 0.2) is 0 Å². The van der Waals surface area contributed by atoms with Gasteiger partial charge in [0.25, 0.3) is 5.91 Å². The monoisotopic (exact) mass is 491 g/mol. The largest absolute Gasteiger partial charge is 0.494 e. The number of nitrogens with zero attached hydrogens (tertiary/aromatic N) is 2. The maximum Gasteiger partial charge on any atom is 0.251 e. The van der Waals surface area contributed by atoms with E-state index in [2.05, 4.69) is 5.32 Å². The number of amides is 2. The van der Waals surface area contributed by atoms with Crippen LogP contribution in [0, 0.1) is 11.7 Å². The van der Waals surface area contributed by atoms with E-state index in [1.165, 1.54) is 22.5 Å². The Hall–Kier alpha value is -2.98. The van der Waals surface area contributed by atoms with Crippen molar-refractivity contribution in [3.05, 3.63) is 59.9 Å². The molecule has 1 atom stereocenters. The van der Waals surface area contributed by atoms with Crippen LogP contribution in [0.5, 0.6) is 5.75 Å². The number of sulfonamides is 1. The fraction of sp³-hybridized carbons (Fsp3) is 0.417. The predicted molar refractivity (Wildman–Crippen MR) is 125 cm³/mol. The Labute approximate surface area is 199 Å². The molecule has 8 nitrogen and oxygen atoms in total. The highest BCUT2D eigenvalue weighted by molar-refractivity contribution is 7.89. The molecule has 1 aliphatic heterocycles. The van der Waals surface area contributed by atoms with Crippen molar-refractivity contribution in [2.75, 3.05) is 32.8 Å². The van der Waals surface area contributed by atoms with Crippen molar-refractivity contribution in [2.45, 2.75) is 31.7 Å². The number of piperazine rings is 1. The zero-order chi connectivity index (χ0) is 24.9. The van der Waals surface area contributed by atoms with Crippen LogP contribution in [0.2, 0.25) is 0 Å². The van der Waals surface area contributed by atoms with Gasteiger partial charge in [-0.05, 0) is 55.3 Å². The summed E-state index contributed by atoms with van der Waals surface area (Å²) >= 11 is 0. The summed E-state index contributed by atoms with van der Waals surface area (Å²) < 4.78 is 45.8. The summed E-state index contributed by atoms with van der Waals surface area (Å²) in [5, 5.41) is 2.81. The molecule has 0 spiro atoms. The van der Waals surface area contributed by atoms with E-state index in [9.17, 15) is 22.4 Å². The number of halogens is 1. The van der Waals surface area contributed by atoms with E-state index in [0.717, 1.165) is 6.07 Å². The molecule has 2 aromatic rings. The van der Waals surface area contributed by atoms with Gasteiger partial charge in [-0.15, -0.1) is 0 Å². The third kappa shape index (κ3) is 5.92. The Bertz CT molecular complexity index is 1110. The van der Waals surface area contributed by atoms with E-state index in [-0.39, 0.29) is 48.8 Å². The van der Waals surface area contributed by atoms with Gasteiger partial charge >= 0.3 is 0 Å². The maximum atomic E-state index is 13.5. The topological polar surface area (TPSA) is 96.0 Å². The minimum Gasteiger partial charge on any atom is -0.494 e. The molecule has 1 fully saturated rings. The van der Waals surface area contributed by atoms with Gasteiger partial charge in [-0.25, -0.2) is 12.8 Å². The van der Waals surface area contributed by atoms with E-state index in [1.807, 2.05) is 20.8 Å². The molecule has 10 heteroatoms. The van der Waals surface area contributed by atoms with Gasteiger partial charge in [0.2, 0.25) is 15.9 Å². The molecular weight excluding hydrogens is 461 g/mol. The zero-order valence-corrected chi connectivity index (χ0v) is 20.3. The van der Waals surface area contributed by atoms with Crippen LogP contribution in [0.25, 0.3) is 0 Å². The van der Waals surface area contributed by atoms with Crippen molar-refractivity contribution >= 4 is 21.8 Å². The third-order valence-electron chi connectivity index (χ3n) is 5.63. The molecule has 0 radical (unpaired) electrons. The molecule has 1 unspecified atom stereocenters. The first-order valence-electron chi connectivity index (χ1n) is 11.2. The predicted octanol–water partition coefficient (Wildman–Crippen LogP) is 2.51. The third-order valence-corrected chi connectivity index (χ3v) is 7.53. The molecular formula is C24H30FN3O5S.